The van der Waals surface area contributed by atoms with E-state index in [1.54, 1.807) is 19.5 Å². The Bertz CT molecular complexity index is 1050. The summed E-state index contributed by atoms with van der Waals surface area (Å²) in [5.74, 6) is 0.576. The van der Waals surface area contributed by atoms with Crippen LogP contribution in [0, 0.1) is 0 Å². The number of hydrogen-bond donors (Lipinski definition) is 3. The summed E-state index contributed by atoms with van der Waals surface area (Å²) < 4.78 is 7.00. The lowest BCUT2D eigenvalue weighted by molar-refractivity contribution is 0.0951. The van der Waals surface area contributed by atoms with Gasteiger partial charge in [0, 0.05) is 25.3 Å². The molecular weight excluding hydrogens is 394 g/mol. The number of aliphatic hydroxyl groups is 1. The third kappa shape index (κ3) is 4.64. The number of carbonyl (C=O) groups is 1. The third-order valence-corrected chi connectivity index (χ3v) is 5.82. The summed E-state index contributed by atoms with van der Waals surface area (Å²) in [5.41, 5.74) is 2.94. The minimum atomic E-state index is -0.311. The Balaban J connectivity index is 1.59. The maximum absolute atomic E-state index is 13.1. The predicted molar refractivity (Wildman–Crippen MR) is 119 cm³/mol. The van der Waals surface area contributed by atoms with Crippen molar-refractivity contribution < 1.29 is 14.6 Å². The second-order valence-electron chi connectivity index (χ2n) is 7.94. The number of hydrogen-bond acceptors (Lipinski definition) is 6. The van der Waals surface area contributed by atoms with Crippen LogP contribution in [-0.2, 0) is 13.1 Å². The van der Waals surface area contributed by atoms with Gasteiger partial charge in [0.15, 0.2) is 5.65 Å². The molecule has 3 aromatic rings. The van der Waals surface area contributed by atoms with E-state index in [0.29, 0.717) is 25.1 Å². The van der Waals surface area contributed by atoms with Crippen LogP contribution in [-0.4, -0.2) is 45.0 Å². The Labute approximate surface area is 181 Å². The van der Waals surface area contributed by atoms with E-state index in [0.717, 1.165) is 47.3 Å². The van der Waals surface area contributed by atoms with E-state index in [4.69, 9.17) is 4.74 Å². The highest BCUT2D eigenvalue weighted by molar-refractivity contribution is 6.06. The van der Waals surface area contributed by atoms with Crippen LogP contribution in [0.1, 0.15) is 48.5 Å². The summed E-state index contributed by atoms with van der Waals surface area (Å²) in [4.78, 5) is 17.6. The highest BCUT2D eigenvalue weighted by Gasteiger charge is 2.24. The minimum Gasteiger partial charge on any atom is -0.497 e. The van der Waals surface area contributed by atoms with Crippen molar-refractivity contribution in [2.24, 2.45) is 0 Å². The maximum atomic E-state index is 13.1. The molecule has 0 bridgehead atoms. The van der Waals surface area contributed by atoms with Crippen molar-refractivity contribution in [3.8, 4) is 5.75 Å². The summed E-state index contributed by atoms with van der Waals surface area (Å²) in [5, 5.41) is 21.8. The molecular formula is C23H29N5O3. The van der Waals surface area contributed by atoms with Crippen molar-refractivity contribution >= 4 is 22.6 Å². The first kappa shape index (κ1) is 21.1. The number of pyridine rings is 1. The van der Waals surface area contributed by atoms with Crippen molar-refractivity contribution in [2.75, 3.05) is 12.4 Å². The van der Waals surface area contributed by atoms with Crippen molar-refractivity contribution in [1.82, 2.24) is 20.1 Å². The number of fused-ring (bicyclic) bond motifs is 1. The van der Waals surface area contributed by atoms with Crippen molar-refractivity contribution in [3.05, 3.63) is 47.8 Å². The molecule has 0 aliphatic heterocycles. The average molecular weight is 424 g/mol. The smallest absolute Gasteiger partial charge is 0.255 e. The standard InChI is InChI=1S/C23H29N5O3/c1-3-28-22-19(14-26-28)21(27-16-5-4-6-17(29)11-16)20(13-24-22)23(30)25-12-15-7-9-18(31-2)10-8-15/h7-10,13-14,16-17,29H,3-6,11-12H2,1-2H3,(H,24,27)(H,25,30). The monoisotopic (exact) mass is 423 g/mol. The van der Waals surface area contributed by atoms with Crippen molar-refractivity contribution in [3.63, 3.8) is 0 Å². The van der Waals surface area contributed by atoms with E-state index in [2.05, 4.69) is 20.7 Å². The molecule has 2 atom stereocenters. The van der Waals surface area contributed by atoms with Gasteiger partial charge in [-0.2, -0.15) is 5.10 Å². The van der Waals surface area contributed by atoms with Gasteiger partial charge >= 0.3 is 0 Å². The Kier molecular flexibility index (Phi) is 6.36. The maximum Gasteiger partial charge on any atom is 0.255 e. The first-order valence-corrected chi connectivity index (χ1v) is 10.8. The molecule has 2 unspecified atom stereocenters. The second-order valence-corrected chi connectivity index (χ2v) is 7.94. The Morgan fingerprint density at radius 2 is 2.06 bits per heavy atom. The van der Waals surface area contributed by atoms with E-state index in [9.17, 15) is 9.90 Å². The van der Waals surface area contributed by atoms with Gasteiger partial charge in [0.05, 0.1) is 36.0 Å². The van der Waals surface area contributed by atoms with Crippen LogP contribution in [0.4, 0.5) is 5.69 Å². The van der Waals surface area contributed by atoms with Crippen LogP contribution >= 0.6 is 0 Å². The van der Waals surface area contributed by atoms with Gasteiger partial charge < -0.3 is 20.5 Å². The zero-order valence-corrected chi connectivity index (χ0v) is 18.0. The molecule has 1 amide bonds. The molecule has 8 nitrogen and oxygen atoms in total. The average Bonchev–Trinajstić information content (AvgIpc) is 3.22. The number of amides is 1. The van der Waals surface area contributed by atoms with Gasteiger partial charge in [-0.15, -0.1) is 0 Å². The zero-order chi connectivity index (χ0) is 21.8. The van der Waals surface area contributed by atoms with E-state index in [1.807, 2.05) is 35.9 Å². The molecule has 0 saturated heterocycles. The summed E-state index contributed by atoms with van der Waals surface area (Å²) in [6.07, 6.45) is 6.46. The van der Waals surface area contributed by atoms with Crippen LogP contribution in [0.3, 0.4) is 0 Å². The summed E-state index contributed by atoms with van der Waals surface area (Å²) in [6.45, 7) is 3.10. The number of rotatable bonds is 7. The van der Waals surface area contributed by atoms with Gasteiger partial charge in [0.2, 0.25) is 0 Å². The molecule has 2 heterocycles. The number of aryl methyl sites for hydroxylation is 1. The molecule has 0 radical (unpaired) electrons. The van der Waals surface area contributed by atoms with Crippen LogP contribution in [0.15, 0.2) is 36.7 Å². The summed E-state index contributed by atoms with van der Waals surface area (Å²) in [6, 6.07) is 7.70. The SMILES string of the molecule is CCn1ncc2c(NC3CCCC(O)C3)c(C(=O)NCc3ccc(OC)cc3)cnc21. The minimum absolute atomic E-state index is 0.104. The Morgan fingerprint density at radius 1 is 1.26 bits per heavy atom. The topological polar surface area (TPSA) is 101 Å². The van der Waals surface area contributed by atoms with Gasteiger partial charge in [-0.05, 0) is 50.3 Å². The Hall–Kier alpha value is -3.13. The molecule has 3 N–H and O–H groups in total. The molecule has 1 aliphatic carbocycles. The van der Waals surface area contributed by atoms with Crippen molar-refractivity contribution in [1.29, 1.82) is 0 Å². The van der Waals surface area contributed by atoms with Gasteiger partial charge in [-0.25, -0.2) is 9.67 Å². The van der Waals surface area contributed by atoms with Crippen LogP contribution in [0.25, 0.3) is 11.0 Å². The number of aromatic nitrogens is 3. The van der Waals surface area contributed by atoms with E-state index in [1.165, 1.54) is 0 Å². The molecule has 2 aromatic heterocycles. The molecule has 1 saturated carbocycles. The number of carbonyl (C=O) groups excluding carboxylic acids is 1. The number of nitrogens with zero attached hydrogens (tertiary/aromatic N) is 3. The van der Waals surface area contributed by atoms with E-state index >= 15 is 0 Å². The van der Waals surface area contributed by atoms with Gasteiger partial charge in [0.25, 0.3) is 5.91 Å². The molecule has 164 valence electrons. The summed E-state index contributed by atoms with van der Waals surface area (Å²) >= 11 is 0. The molecule has 8 heteroatoms. The lowest BCUT2D eigenvalue weighted by atomic mass is 9.92. The largest absolute Gasteiger partial charge is 0.497 e. The van der Waals surface area contributed by atoms with Crippen LogP contribution in [0.2, 0.25) is 0 Å². The van der Waals surface area contributed by atoms with Gasteiger partial charge in [-0.1, -0.05) is 12.1 Å². The Morgan fingerprint density at radius 3 is 2.77 bits per heavy atom. The number of ether oxygens (including phenoxy) is 1. The predicted octanol–water partition coefficient (Wildman–Crippen LogP) is 3.11. The van der Waals surface area contributed by atoms with Crippen LogP contribution in [0.5, 0.6) is 5.75 Å². The van der Waals surface area contributed by atoms with Crippen molar-refractivity contribution in [2.45, 2.75) is 57.8 Å². The highest BCUT2D eigenvalue weighted by Crippen LogP contribution is 2.30. The van der Waals surface area contributed by atoms with Gasteiger partial charge in [0.1, 0.15) is 5.75 Å². The fourth-order valence-electron chi connectivity index (χ4n) is 4.11. The first-order chi connectivity index (χ1) is 15.1. The zero-order valence-electron chi connectivity index (χ0n) is 18.0. The van der Waals surface area contributed by atoms with Gasteiger partial charge in [-0.3, -0.25) is 4.79 Å². The molecule has 1 aromatic carbocycles. The number of benzene rings is 1. The number of methoxy groups -OCH3 is 1. The summed E-state index contributed by atoms with van der Waals surface area (Å²) in [7, 11) is 1.63. The fraction of sp³-hybridized carbons (Fsp3) is 0.435. The third-order valence-electron chi connectivity index (χ3n) is 5.82. The number of nitrogens with one attached hydrogen (secondary N) is 2. The normalized spacial score (nSPS) is 18.7. The lowest BCUT2D eigenvalue weighted by Gasteiger charge is -2.28. The number of aliphatic hydroxyl groups excluding tert-OH is 1. The lowest BCUT2D eigenvalue weighted by Crippen LogP contribution is -2.31. The quantitative estimate of drug-likeness (QED) is 0.540. The number of anilines is 1. The highest BCUT2D eigenvalue weighted by atomic mass is 16.5. The molecule has 0 spiro atoms. The molecule has 1 fully saturated rings. The second kappa shape index (κ2) is 9.34. The first-order valence-electron chi connectivity index (χ1n) is 10.8. The van der Waals surface area contributed by atoms with E-state index < -0.39 is 0 Å². The molecule has 4 rings (SSSR count). The fourth-order valence-corrected chi connectivity index (χ4v) is 4.11. The molecule has 1 aliphatic rings. The van der Waals surface area contributed by atoms with E-state index in [-0.39, 0.29) is 18.1 Å². The molecule has 31 heavy (non-hydrogen) atoms. The van der Waals surface area contributed by atoms with Crippen LogP contribution < -0.4 is 15.4 Å².